The summed E-state index contributed by atoms with van der Waals surface area (Å²) in [5.74, 6) is -3.11. The van der Waals surface area contributed by atoms with Crippen molar-refractivity contribution in [2.45, 2.75) is 18.9 Å². The van der Waals surface area contributed by atoms with Crippen LogP contribution in [0.1, 0.15) is 6.23 Å². The summed E-state index contributed by atoms with van der Waals surface area (Å²) in [6.45, 7) is -0.888. The van der Waals surface area contributed by atoms with Gasteiger partial charge >= 0.3 is 21.4 Å². The van der Waals surface area contributed by atoms with E-state index in [0.717, 1.165) is 10.9 Å². The molecule has 4 aromatic heterocycles. The van der Waals surface area contributed by atoms with Crippen molar-refractivity contribution in [3.8, 4) is 0 Å². The first-order valence-electron chi connectivity index (χ1n) is 12.9. The van der Waals surface area contributed by atoms with Gasteiger partial charge in [-0.25, -0.2) is 19.1 Å². The number of aliphatic hydroxyl groups excluding tert-OH is 1. The maximum absolute atomic E-state index is 13.2. The molecule has 46 heavy (non-hydrogen) atoms. The normalized spacial score (nSPS) is 28.5. The zero-order chi connectivity index (χ0) is 32.5. The second kappa shape index (κ2) is 10.8. The number of aromatic amines is 1. The van der Waals surface area contributed by atoms with Crippen LogP contribution < -0.4 is 17.0 Å². The Hall–Kier alpha value is -4.43. The maximum Gasteiger partial charge on any atom is 0.473 e. The van der Waals surface area contributed by atoms with Gasteiger partial charge < -0.3 is 49.7 Å². The molecule has 22 nitrogen and oxygen atoms in total. The van der Waals surface area contributed by atoms with E-state index >= 15 is 0 Å². The zero-order valence-electron chi connectivity index (χ0n) is 22.8. The number of anilines is 2. The van der Waals surface area contributed by atoms with Crippen molar-refractivity contribution in [3.63, 3.8) is 0 Å². The Morgan fingerprint density at radius 2 is 1.87 bits per heavy atom. The number of nitrogens with one attached hydrogen (secondary N) is 1. The van der Waals surface area contributed by atoms with Gasteiger partial charge in [0.25, 0.3) is 5.56 Å². The number of nitrogen functional groups attached to an aromatic ring is 2. The fourth-order valence-corrected chi connectivity index (χ4v) is 6.81. The minimum Gasteiger partial charge on any atom is -0.504 e. The number of hydrogen-bond donors (Lipinski definition) is 6. The van der Waals surface area contributed by atoms with Gasteiger partial charge in [0.1, 0.15) is 18.5 Å². The Morgan fingerprint density at radius 3 is 2.67 bits per heavy atom. The first-order chi connectivity index (χ1) is 21.8. The van der Waals surface area contributed by atoms with Crippen LogP contribution in [0, 0.1) is 5.92 Å². The van der Waals surface area contributed by atoms with Crippen LogP contribution in [0.3, 0.4) is 0 Å². The number of imidazole rings is 2. The average molecular weight is 703 g/mol. The van der Waals surface area contributed by atoms with Gasteiger partial charge in [0.05, 0.1) is 18.9 Å². The van der Waals surface area contributed by atoms with E-state index in [9.17, 15) is 28.8 Å². The largest absolute Gasteiger partial charge is 0.504 e. The van der Waals surface area contributed by atoms with Gasteiger partial charge in [-0.05, 0) is 11.6 Å². The number of hydrogen-bond acceptors (Lipinski definition) is 17. The molecule has 3 aliphatic heterocycles. The molecule has 4 unspecified atom stereocenters. The van der Waals surface area contributed by atoms with E-state index in [0.29, 0.717) is 0 Å². The summed E-state index contributed by atoms with van der Waals surface area (Å²) in [6.07, 6.45) is -2.04. The molecule has 7 heterocycles. The van der Waals surface area contributed by atoms with Crippen molar-refractivity contribution in [3.05, 3.63) is 51.5 Å². The van der Waals surface area contributed by atoms with Gasteiger partial charge in [-0.3, -0.25) is 23.4 Å². The lowest BCUT2D eigenvalue weighted by atomic mass is 10.1. The lowest BCUT2D eigenvalue weighted by Crippen LogP contribution is -2.26. The molecule has 0 spiro atoms. The van der Waals surface area contributed by atoms with E-state index in [2.05, 4.69) is 29.9 Å². The molecule has 0 amide bonds. The third kappa shape index (κ3) is 5.38. The van der Waals surface area contributed by atoms with Gasteiger partial charge in [0.15, 0.2) is 40.3 Å². The number of aliphatic hydroxyl groups is 1. The van der Waals surface area contributed by atoms with Crippen LogP contribution in [0.4, 0.5) is 11.8 Å². The van der Waals surface area contributed by atoms with Gasteiger partial charge in [-0.15, -0.1) is 0 Å². The van der Waals surface area contributed by atoms with E-state index in [4.69, 9.17) is 50.9 Å². The third-order valence-corrected chi connectivity index (χ3v) is 8.94. The Labute approximate surface area is 259 Å². The van der Waals surface area contributed by atoms with Crippen LogP contribution in [0.25, 0.3) is 22.3 Å². The Kier molecular flexibility index (Phi) is 7.12. The van der Waals surface area contributed by atoms with Gasteiger partial charge in [-0.1, -0.05) is 0 Å². The Balaban J connectivity index is 1.20. The predicted octanol–water partition coefficient (Wildman–Crippen LogP) is 0.583. The number of ether oxygens (including phenoxy) is 3. The zero-order valence-corrected chi connectivity index (χ0v) is 25.3. The number of nitrogens with two attached hydrogens (primary N) is 2. The number of fused-ring (bicyclic) bond motifs is 3. The second-order valence-electron chi connectivity index (χ2n) is 9.97. The summed E-state index contributed by atoms with van der Waals surface area (Å²) in [5.41, 5.74) is 11.0. The smallest absolute Gasteiger partial charge is 0.473 e. The summed E-state index contributed by atoms with van der Waals surface area (Å²) in [7, 11) is -9.83. The molecule has 8 N–H and O–H groups in total. The van der Waals surface area contributed by atoms with Crippen molar-refractivity contribution in [2.75, 3.05) is 31.0 Å². The van der Waals surface area contributed by atoms with E-state index in [1.54, 1.807) is 0 Å². The molecule has 0 fully saturated rings. The van der Waals surface area contributed by atoms with Crippen LogP contribution in [0.2, 0.25) is 5.28 Å². The molecule has 0 radical (unpaired) electrons. The number of halogens is 1. The standard InChI is InChI=1S/C21H21ClN10O12P2/c22-20-27-14(23)9-15(28-20)31(4-25-9)1-7-2-39-8-3-41-46(37,38)44-13-11(33)19(40-6-45(35,36)43-12(7)8)42-18(13)32-5-26-10-16(32)29-21(24)30-17(10)34/h4-5,7,13,18,33H,1-3,6H2,(H,35,36)(H,37,38)(H2,23,27,28)(H3,24,29,30,34)/t7?,13?,18-/m1/s1. The number of phosphoric acid groups is 1. The highest BCUT2D eigenvalue weighted by Crippen LogP contribution is 2.54. The molecule has 7 rings (SSSR count). The highest BCUT2D eigenvalue weighted by atomic mass is 35.5. The molecule has 0 aromatic carbocycles. The van der Waals surface area contributed by atoms with Crippen LogP contribution in [-0.4, -0.2) is 79.6 Å². The molecule has 244 valence electrons. The minimum atomic E-state index is -5.09. The van der Waals surface area contributed by atoms with E-state index in [1.165, 1.54) is 10.9 Å². The average Bonchev–Trinajstić information content (AvgIpc) is 3.73. The molecule has 5 atom stereocenters. The van der Waals surface area contributed by atoms with Crippen molar-refractivity contribution in [1.29, 1.82) is 0 Å². The fourth-order valence-electron chi connectivity index (χ4n) is 4.92. The van der Waals surface area contributed by atoms with E-state index in [1.807, 2.05) is 0 Å². The quantitative estimate of drug-likeness (QED) is 0.126. The van der Waals surface area contributed by atoms with Crippen molar-refractivity contribution >= 4 is 61.1 Å². The van der Waals surface area contributed by atoms with E-state index in [-0.39, 0.29) is 64.0 Å². The van der Waals surface area contributed by atoms with Gasteiger partial charge in [0, 0.05) is 6.54 Å². The van der Waals surface area contributed by atoms with E-state index < -0.39 is 63.9 Å². The van der Waals surface area contributed by atoms with Crippen LogP contribution in [-0.2, 0) is 43.5 Å². The fraction of sp³-hybridized carbons (Fsp3) is 0.333. The highest BCUT2D eigenvalue weighted by Gasteiger charge is 2.48. The topological polar surface area (TPSA) is 309 Å². The molecule has 0 saturated heterocycles. The summed E-state index contributed by atoms with van der Waals surface area (Å²) in [4.78, 5) is 56.0. The molecular formula is C21H21ClN10O12P2. The SMILES string of the molecule is Nc1nc2c(ncn2[C@@H]2OC3=C(O)C2OP(=O)(O)OCC2=C(OP(=O)(O)CO3)C(Cn3cnc4c(N)nc(Cl)nc43)CO2)c(=O)[nH]1. The van der Waals surface area contributed by atoms with Gasteiger partial charge in [0.2, 0.25) is 29.6 Å². The Morgan fingerprint density at radius 1 is 1.09 bits per heavy atom. The summed E-state index contributed by atoms with van der Waals surface area (Å²) < 4.78 is 61.4. The minimum absolute atomic E-state index is 0.00924. The first kappa shape index (κ1) is 30.2. The number of H-pyrrole nitrogens is 1. The highest BCUT2D eigenvalue weighted by molar-refractivity contribution is 7.52. The number of phosphoric ester groups is 1. The second-order valence-corrected chi connectivity index (χ2v) is 13.4. The molecular weight excluding hydrogens is 682 g/mol. The predicted molar refractivity (Wildman–Crippen MR) is 151 cm³/mol. The van der Waals surface area contributed by atoms with Crippen LogP contribution in [0.5, 0.6) is 0 Å². The van der Waals surface area contributed by atoms with Gasteiger partial charge in [-0.2, -0.15) is 15.0 Å². The molecule has 3 aliphatic rings. The third-order valence-electron chi connectivity index (χ3n) is 6.88. The molecule has 2 bridgehead atoms. The van der Waals surface area contributed by atoms with Crippen LogP contribution in [0.15, 0.2) is 40.7 Å². The molecule has 4 aromatic rings. The van der Waals surface area contributed by atoms with Crippen molar-refractivity contribution in [2.24, 2.45) is 5.92 Å². The van der Waals surface area contributed by atoms with Crippen molar-refractivity contribution < 1.29 is 51.8 Å². The van der Waals surface area contributed by atoms with Crippen LogP contribution >= 0.6 is 27.0 Å². The molecule has 0 aliphatic carbocycles. The summed E-state index contributed by atoms with van der Waals surface area (Å²) in [6, 6.07) is 0. The number of rotatable bonds is 3. The lowest BCUT2D eigenvalue weighted by molar-refractivity contribution is -0.0487. The molecule has 25 heteroatoms. The summed E-state index contributed by atoms with van der Waals surface area (Å²) in [5, 5.41) is 10.7. The summed E-state index contributed by atoms with van der Waals surface area (Å²) >= 11 is 5.95. The Bertz CT molecular complexity index is 2130. The first-order valence-corrected chi connectivity index (χ1v) is 16.5. The number of nitrogens with zero attached hydrogens (tertiary/aromatic N) is 7. The monoisotopic (exact) mass is 702 g/mol. The molecule has 0 saturated carbocycles. The number of aromatic nitrogens is 8. The maximum atomic E-state index is 13.2. The lowest BCUT2D eigenvalue weighted by Gasteiger charge is -2.23. The van der Waals surface area contributed by atoms with Crippen molar-refractivity contribution in [1.82, 2.24) is 39.0 Å².